The molecule has 0 spiro atoms. The van der Waals surface area contributed by atoms with Gasteiger partial charge in [-0.2, -0.15) is 5.26 Å². The maximum absolute atomic E-state index is 12.4. The van der Waals surface area contributed by atoms with E-state index in [4.69, 9.17) is 0 Å². The molecule has 1 atom stereocenters. The van der Waals surface area contributed by atoms with Crippen molar-refractivity contribution in [2.24, 2.45) is 5.92 Å². The first-order valence-corrected chi connectivity index (χ1v) is 7.39. The summed E-state index contributed by atoms with van der Waals surface area (Å²) in [6.45, 7) is 3.90. The number of nitrogens with zero attached hydrogens (tertiary/aromatic N) is 1. The first-order valence-electron chi connectivity index (χ1n) is 7.39. The van der Waals surface area contributed by atoms with E-state index in [1.54, 1.807) is 0 Å². The molecule has 0 aliphatic heterocycles. The summed E-state index contributed by atoms with van der Waals surface area (Å²) < 4.78 is 0. The summed E-state index contributed by atoms with van der Waals surface area (Å²) >= 11 is 0. The minimum absolute atomic E-state index is 0.122. The third-order valence-corrected chi connectivity index (χ3v) is 4.18. The minimum Gasteiger partial charge on any atom is -0.336 e. The van der Waals surface area contributed by atoms with Crippen LogP contribution in [0.2, 0.25) is 0 Å². The van der Waals surface area contributed by atoms with Crippen LogP contribution in [-0.2, 0) is 0 Å². The number of amides is 1. The van der Waals surface area contributed by atoms with E-state index < -0.39 is 0 Å². The highest BCUT2D eigenvalue weighted by molar-refractivity contribution is 5.96. The van der Waals surface area contributed by atoms with Crippen LogP contribution in [0.4, 0.5) is 0 Å². The molecule has 1 N–H and O–H groups in total. The van der Waals surface area contributed by atoms with Gasteiger partial charge in [-0.05, 0) is 44.2 Å². The van der Waals surface area contributed by atoms with Crippen molar-refractivity contribution in [3.8, 4) is 6.07 Å². The van der Waals surface area contributed by atoms with Crippen molar-refractivity contribution in [2.45, 2.75) is 52.0 Å². The Bertz CT molecular complexity index is 524. The summed E-state index contributed by atoms with van der Waals surface area (Å²) in [5.74, 6) is 0.186. The van der Waals surface area contributed by atoms with Crippen LogP contribution in [0.15, 0.2) is 18.2 Å². The highest BCUT2D eigenvalue weighted by Crippen LogP contribution is 2.26. The van der Waals surface area contributed by atoms with Gasteiger partial charge in [0, 0.05) is 5.56 Å². The minimum atomic E-state index is -0.359. The van der Waals surface area contributed by atoms with Gasteiger partial charge in [0.2, 0.25) is 0 Å². The topological polar surface area (TPSA) is 52.9 Å². The molecule has 0 saturated heterocycles. The molecule has 0 heterocycles. The Labute approximate surface area is 121 Å². The summed E-state index contributed by atoms with van der Waals surface area (Å²) in [6.07, 6.45) is 5.68. The predicted molar refractivity (Wildman–Crippen MR) is 79.4 cm³/mol. The van der Waals surface area contributed by atoms with Crippen molar-refractivity contribution in [2.75, 3.05) is 0 Å². The van der Waals surface area contributed by atoms with Gasteiger partial charge in [-0.25, -0.2) is 0 Å². The van der Waals surface area contributed by atoms with Gasteiger partial charge in [-0.15, -0.1) is 0 Å². The first kappa shape index (κ1) is 14.6. The quantitative estimate of drug-likeness (QED) is 0.913. The molecule has 1 aliphatic carbocycles. The van der Waals surface area contributed by atoms with E-state index in [0.717, 1.165) is 24.0 Å². The van der Waals surface area contributed by atoms with Crippen molar-refractivity contribution < 1.29 is 4.79 Å². The van der Waals surface area contributed by atoms with Gasteiger partial charge in [0.1, 0.15) is 6.04 Å². The number of hydrogen-bond donors (Lipinski definition) is 1. The molecule has 1 aliphatic rings. The van der Waals surface area contributed by atoms with Crippen LogP contribution in [0, 0.1) is 31.1 Å². The molecule has 20 heavy (non-hydrogen) atoms. The molecule has 1 unspecified atom stereocenters. The number of benzene rings is 1. The van der Waals surface area contributed by atoms with E-state index in [1.807, 2.05) is 32.0 Å². The Kier molecular flexibility index (Phi) is 4.79. The fourth-order valence-corrected chi connectivity index (χ4v) is 2.92. The average Bonchev–Trinajstić information content (AvgIpc) is 2.48. The maximum Gasteiger partial charge on any atom is 0.252 e. The zero-order valence-electron chi connectivity index (χ0n) is 12.3. The third-order valence-electron chi connectivity index (χ3n) is 4.18. The maximum atomic E-state index is 12.4. The molecular formula is C17H22N2O. The molecule has 0 bridgehead atoms. The van der Waals surface area contributed by atoms with Crippen LogP contribution in [-0.4, -0.2) is 11.9 Å². The molecule has 2 rings (SSSR count). The zero-order chi connectivity index (χ0) is 14.5. The van der Waals surface area contributed by atoms with Gasteiger partial charge < -0.3 is 5.32 Å². The average molecular weight is 270 g/mol. The van der Waals surface area contributed by atoms with Crippen molar-refractivity contribution in [3.63, 3.8) is 0 Å². The standard InChI is InChI=1S/C17H22N2O/c1-12-8-9-13(2)15(10-12)17(20)19-16(11-18)14-6-4-3-5-7-14/h8-10,14,16H,3-7H2,1-2H3,(H,19,20). The number of hydrogen-bond acceptors (Lipinski definition) is 2. The Morgan fingerprint density at radius 1 is 1.30 bits per heavy atom. The molecule has 0 aromatic heterocycles. The molecule has 0 radical (unpaired) electrons. The number of nitrogens with one attached hydrogen (secondary N) is 1. The van der Waals surface area contributed by atoms with Crippen LogP contribution in [0.5, 0.6) is 0 Å². The third kappa shape index (κ3) is 3.39. The van der Waals surface area contributed by atoms with Crippen LogP contribution >= 0.6 is 0 Å². The van der Waals surface area contributed by atoms with Gasteiger partial charge in [-0.3, -0.25) is 4.79 Å². The SMILES string of the molecule is Cc1ccc(C)c(C(=O)NC(C#N)C2CCCCC2)c1. The number of aryl methyl sites for hydroxylation is 2. The van der Waals surface area contributed by atoms with Crippen molar-refractivity contribution in [1.29, 1.82) is 5.26 Å². The Hall–Kier alpha value is -1.82. The molecule has 1 aromatic carbocycles. The predicted octanol–water partition coefficient (Wildman–Crippen LogP) is 3.51. The highest BCUT2D eigenvalue weighted by atomic mass is 16.1. The summed E-state index contributed by atoms with van der Waals surface area (Å²) in [5.41, 5.74) is 2.70. The number of carbonyl (C=O) groups excluding carboxylic acids is 1. The van der Waals surface area contributed by atoms with Crippen molar-refractivity contribution in [3.05, 3.63) is 34.9 Å². The summed E-state index contributed by atoms with van der Waals surface area (Å²) in [4.78, 5) is 12.4. The second kappa shape index (κ2) is 6.56. The molecular weight excluding hydrogens is 248 g/mol. The molecule has 1 saturated carbocycles. The molecule has 1 fully saturated rings. The lowest BCUT2D eigenvalue weighted by molar-refractivity contribution is 0.0928. The largest absolute Gasteiger partial charge is 0.336 e. The van der Waals surface area contributed by atoms with E-state index in [2.05, 4.69) is 11.4 Å². The van der Waals surface area contributed by atoms with Crippen molar-refractivity contribution >= 4 is 5.91 Å². The molecule has 1 amide bonds. The lowest BCUT2D eigenvalue weighted by Gasteiger charge is -2.26. The van der Waals surface area contributed by atoms with Crippen LogP contribution in [0.25, 0.3) is 0 Å². The van der Waals surface area contributed by atoms with E-state index in [9.17, 15) is 10.1 Å². The second-order valence-electron chi connectivity index (χ2n) is 5.80. The lowest BCUT2D eigenvalue weighted by atomic mass is 9.84. The van der Waals surface area contributed by atoms with Gasteiger partial charge in [0.25, 0.3) is 5.91 Å². The summed E-state index contributed by atoms with van der Waals surface area (Å²) in [5, 5.41) is 12.3. The fraction of sp³-hybridized carbons (Fsp3) is 0.529. The van der Waals surface area contributed by atoms with Gasteiger partial charge in [0.05, 0.1) is 6.07 Å². The Morgan fingerprint density at radius 2 is 2.00 bits per heavy atom. The van der Waals surface area contributed by atoms with Gasteiger partial charge in [-0.1, -0.05) is 37.0 Å². The van der Waals surface area contributed by atoms with Crippen LogP contribution in [0.1, 0.15) is 53.6 Å². The number of carbonyl (C=O) groups is 1. The second-order valence-corrected chi connectivity index (χ2v) is 5.80. The lowest BCUT2D eigenvalue weighted by Crippen LogP contribution is -2.40. The molecule has 3 nitrogen and oxygen atoms in total. The molecule has 1 aromatic rings. The first-order chi connectivity index (χ1) is 9.61. The van der Waals surface area contributed by atoms with Gasteiger partial charge in [0.15, 0.2) is 0 Å². The van der Waals surface area contributed by atoms with Crippen LogP contribution < -0.4 is 5.32 Å². The van der Waals surface area contributed by atoms with Gasteiger partial charge >= 0.3 is 0 Å². The summed E-state index contributed by atoms with van der Waals surface area (Å²) in [6, 6.07) is 7.75. The monoisotopic (exact) mass is 270 g/mol. The van der Waals surface area contributed by atoms with Crippen molar-refractivity contribution in [1.82, 2.24) is 5.32 Å². The summed E-state index contributed by atoms with van der Waals surface area (Å²) in [7, 11) is 0. The Balaban J connectivity index is 2.09. The van der Waals surface area contributed by atoms with E-state index in [0.29, 0.717) is 11.5 Å². The highest BCUT2D eigenvalue weighted by Gasteiger charge is 2.25. The smallest absolute Gasteiger partial charge is 0.252 e. The number of nitriles is 1. The molecule has 106 valence electrons. The van der Waals surface area contributed by atoms with E-state index >= 15 is 0 Å². The van der Waals surface area contributed by atoms with E-state index in [1.165, 1.54) is 19.3 Å². The van der Waals surface area contributed by atoms with Crippen LogP contribution in [0.3, 0.4) is 0 Å². The number of rotatable bonds is 3. The zero-order valence-corrected chi connectivity index (χ0v) is 12.3. The molecule has 3 heteroatoms. The Morgan fingerprint density at radius 3 is 2.65 bits per heavy atom. The van der Waals surface area contributed by atoms with E-state index in [-0.39, 0.29) is 11.9 Å². The fourth-order valence-electron chi connectivity index (χ4n) is 2.92. The normalized spacial score (nSPS) is 17.2.